The fraction of sp³-hybridized carbons (Fsp3) is 0.455. The minimum atomic E-state index is -1.01. The molecule has 1 aromatic rings. The highest BCUT2D eigenvalue weighted by Gasteiger charge is 2.18. The predicted octanol–water partition coefficient (Wildman–Crippen LogP) is 2.56. The van der Waals surface area contributed by atoms with Crippen LogP contribution in [0.15, 0.2) is 15.9 Å². The zero-order valence-corrected chi connectivity index (χ0v) is 12.3. The van der Waals surface area contributed by atoms with Gasteiger partial charge in [-0.05, 0) is 34.5 Å². The fourth-order valence-electron chi connectivity index (χ4n) is 1.37. The molecule has 0 unspecified atom stereocenters. The lowest BCUT2D eigenvalue weighted by Gasteiger charge is -2.13. The Morgan fingerprint density at radius 2 is 2.22 bits per heavy atom. The summed E-state index contributed by atoms with van der Waals surface area (Å²) in [5, 5.41) is 14.0. The van der Waals surface area contributed by atoms with Crippen LogP contribution in [0.4, 0.5) is 4.79 Å². The molecule has 0 bridgehead atoms. The van der Waals surface area contributed by atoms with Crippen LogP contribution < -0.4 is 10.6 Å². The quantitative estimate of drug-likeness (QED) is 0.748. The molecule has 1 heterocycles. The van der Waals surface area contributed by atoms with E-state index >= 15 is 0 Å². The Hall–Kier alpha value is -1.08. The predicted molar refractivity (Wildman–Crippen MR) is 73.7 cm³/mol. The molecule has 5 nitrogen and oxygen atoms in total. The third-order valence-corrected chi connectivity index (χ3v) is 3.86. The highest BCUT2D eigenvalue weighted by Crippen LogP contribution is 2.21. The molecule has 0 radical (unpaired) electrons. The standard InChI is InChI=1S/C11H15BrN2O3S/c1-2-3-8(10(15)16)14-11(17)13-6-7-4-5-9(12)18-7/h4-5,8H,2-3,6H2,1H3,(H,15,16)(H2,13,14,17)/t8-/m1/s1. The Morgan fingerprint density at radius 1 is 1.50 bits per heavy atom. The number of urea groups is 1. The number of carboxylic acids is 1. The maximum absolute atomic E-state index is 11.5. The van der Waals surface area contributed by atoms with E-state index in [0.29, 0.717) is 19.4 Å². The van der Waals surface area contributed by atoms with Crippen molar-refractivity contribution in [2.24, 2.45) is 0 Å². The van der Waals surface area contributed by atoms with Crippen molar-refractivity contribution in [3.8, 4) is 0 Å². The van der Waals surface area contributed by atoms with E-state index in [0.717, 1.165) is 8.66 Å². The molecule has 0 aromatic carbocycles. The zero-order chi connectivity index (χ0) is 13.5. The van der Waals surface area contributed by atoms with Crippen molar-refractivity contribution in [2.75, 3.05) is 0 Å². The Balaban J connectivity index is 2.38. The molecular weight excluding hydrogens is 320 g/mol. The van der Waals surface area contributed by atoms with Crippen LogP contribution in [-0.4, -0.2) is 23.1 Å². The maximum atomic E-state index is 11.5. The van der Waals surface area contributed by atoms with Crippen molar-refractivity contribution in [3.05, 3.63) is 20.8 Å². The van der Waals surface area contributed by atoms with Crippen molar-refractivity contribution in [1.29, 1.82) is 0 Å². The van der Waals surface area contributed by atoms with Crippen molar-refractivity contribution in [3.63, 3.8) is 0 Å². The summed E-state index contributed by atoms with van der Waals surface area (Å²) in [6, 6.07) is 2.51. The molecule has 0 fully saturated rings. The van der Waals surface area contributed by atoms with E-state index in [-0.39, 0.29) is 0 Å². The molecule has 0 aliphatic carbocycles. The van der Waals surface area contributed by atoms with Crippen molar-refractivity contribution >= 4 is 39.3 Å². The van der Waals surface area contributed by atoms with E-state index in [9.17, 15) is 9.59 Å². The Bertz CT molecular complexity index is 422. The molecule has 2 amide bonds. The summed E-state index contributed by atoms with van der Waals surface area (Å²) in [4.78, 5) is 23.4. The Kier molecular flexibility index (Phi) is 6.14. The van der Waals surface area contributed by atoms with E-state index in [4.69, 9.17) is 5.11 Å². The SMILES string of the molecule is CCC[C@@H](NC(=O)NCc1ccc(Br)s1)C(=O)O. The molecule has 0 aliphatic rings. The van der Waals surface area contributed by atoms with Gasteiger partial charge in [0, 0.05) is 4.88 Å². The molecule has 7 heteroatoms. The van der Waals surface area contributed by atoms with Gasteiger partial charge in [0.2, 0.25) is 0 Å². The van der Waals surface area contributed by atoms with Gasteiger partial charge in [-0.3, -0.25) is 0 Å². The third-order valence-electron chi connectivity index (χ3n) is 2.23. The first-order valence-electron chi connectivity index (χ1n) is 5.54. The van der Waals surface area contributed by atoms with E-state index < -0.39 is 18.0 Å². The third kappa shape index (κ3) is 5.05. The zero-order valence-electron chi connectivity index (χ0n) is 9.90. The average molecular weight is 335 g/mol. The number of carbonyl (C=O) groups is 2. The molecule has 0 spiro atoms. The number of hydrogen-bond donors (Lipinski definition) is 3. The van der Waals surface area contributed by atoms with Gasteiger partial charge in [0.15, 0.2) is 0 Å². The minimum Gasteiger partial charge on any atom is -0.480 e. The van der Waals surface area contributed by atoms with Gasteiger partial charge in [-0.2, -0.15) is 0 Å². The average Bonchev–Trinajstić information content (AvgIpc) is 2.72. The molecule has 0 saturated heterocycles. The topological polar surface area (TPSA) is 78.4 Å². The normalized spacial score (nSPS) is 11.9. The molecular formula is C11H15BrN2O3S. The number of thiophene rings is 1. The largest absolute Gasteiger partial charge is 0.480 e. The first kappa shape index (κ1) is 15.0. The summed E-state index contributed by atoms with van der Waals surface area (Å²) in [6.45, 7) is 2.26. The van der Waals surface area contributed by atoms with Crippen molar-refractivity contribution in [1.82, 2.24) is 10.6 Å². The summed E-state index contributed by atoms with van der Waals surface area (Å²) in [6.07, 6.45) is 1.13. The van der Waals surface area contributed by atoms with Gasteiger partial charge < -0.3 is 15.7 Å². The summed E-state index contributed by atoms with van der Waals surface area (Å²) >= 11 is 4.85. The van der Waals surface area contributed by atoms with Gasteiger partial charge >= 0.3 is 12.0 Å². The van der Waals surface area contributed by atoms with Crippen LogP contribution in [-0.2, 0) is 11.3 Å². The smallest absolute Gasteiger partial charge is 0.326 e. The molecule has 0 saturated carbocycles. The molecule has 18 heavy (non-hydrogen) atoms. The van der Waals surface area contributed by atoms with Crippen LogP contribution >= 0.6 is 27.3 Å². The number of carboxylic acid groups (broad SMARTS) is 1. The molecule has 1 rings (SSSR count). The molecule has 3 N–H and O–H groups in total. The van der Waals surface area contributed by atoms with Crippen LogP contribution in [0.25, 0.3) is 0 Å². The molecule has 0 aliphatic heterocycles. The van der Waals surface area contributed by atoms with Gasteiger partial charge in [0.05, 0.1) is 10.3 Å². The van der Waals surface area contributed by atoms with Gasteiger partial charge in [-0.25, -0.2) is 9.59 Å². The number of hydrogen-bond acceptors (Lipinski definition) is 3. The van der Waals surface area contributed by atoms with E-state index in [1.165, 1.54) is 11.3 Å². The number of carbonyl (C=O) groups excluding carboxylic acids is 1. The Labute approximate surface area is 118 Å². The molecule has 1 atom stereocenters. The van der Waals surface area contributed by atoms with E-state index in [1.807, 2.05) is 19.1 Å². The summed E-state index contributed by atoms with van der Waals surface area (Å²) in [5.74, 6) is -1.01. The van der Waals surface area contributed by atoms with Crippen molar-refractivity contribution < 1.29 is 14.7 Å². The second kappa shape index (κ2) is 7.38. The lowest BCUT2D eigenvalue weighted by molar-refractivity contribution is -0.139. The Morgan fingerprint density at radius 3 is 2.72 bits per heavy atom. The summed E-state index contributed by atoms with van der Waals surface area (Å²) in [7, 11) is 0. The van der Waals surface area contributed by atoms with E-state index in [2.05, 4.69) is 26.6 Å². The van der Waals surface area contributed by atoms with Crippen LogP contribution in [0.1, 0.15) is 24.6 Å². The van der Waals surface area contributed by atoms with Gasteiger partial charge in [0.1, 0.15) is 6.04 Å². The number of nitrogens with one attached hydrogen (secondary N) is 2. The number of rotatable bonds is 6. The highest BCUT2D eigenvalue weighted by atomic mass is 79.9. The van der Waals surface area contributed by atoms with Crippen LogP contribution in [0.2, 0.25) is 0 Å². The highest BCUT2D eigenvalue weighted by molar-refractivity contribution is 9.11. The maximum Gasteiger partial charge on any atom is 0.326 e. The lowest BCUT2D eigenvalue weighted by Crippen LogP contribution is -2.45. The molecule has 1 aromatic heterocycles. The van der Waals surface area contributed by atoms with E-state index in [1.54, 1.807) is 0 Å². The van der Waals surface area contributed by atoms with Gasteiger partial charge in [-0.1, -0.05) is 13.3 Å². The summed E-state index contributed by atoms with van der Waals surface area (Å²) in [5.41, 5.74) is 0. The van der Waals surface area contributed by atoms with Gasteiger partial charge in [0.25, 0.3) is 0 Å². The van der Waals surface area contributed by atoms with Crippen molar-refractivity contribution in [2.45, 2.75) is 32.4 Å². The molecule has 100 valence electrons. The number of halogens is 1. The second-order valence-corrected chi connectivity index (χ2v) is 6.26. The van der Waals surface area contributed by atoms with Gasteiger partial charge in [-0.15, -0.1) is 11.3 Å². The summed E-state index contributed by atoms with van der Waals surface area (Å²) < 4.78 is 0.995. The first-order chi connectivity index (χ1) is 8.52. The lowest BCUT2D eigenvalue weighted by atomic mass is 10.2. The fourth-order valence-corrected chi connectivity index (χ4v) is 2.79. The number of amides is 2. The first-order valence-corrected chi connectivity index (χ1v) is 7.15. The minimum absolute atomic E-state index is 0.389. The van der Waals surface area contributed by atoms with Crippen LogP contribution in [0.3, 0.4) is 0 Å². The van der Waals surface area contributed by atoms with Crippen LogP contribution in [0, 0.1) is 0 Å². The van der Waals surface area contributed by atoms with Crippen LogP contribution in [0.5, 0.6) is 0 Å². The number of aliphatic carboxylic acids is 1. The second-order valence-electron chi connectivity index (χ2n) is 3.71. The monoisotopic (exact) mass is 334 g/mol.